The Labute approximate surface area is 177 Å². The number of nitrogens with one attached hydrogen (secondary N) is 1. The number of benzene rings is 2. The minimum atomic E-state index is -0.476. The van der Waals surface area contributed by atoms with Crippen molar-refractivity contribution in [3.63, 3.8) is 0 Å². The monoisotopic (exact) mass is 414 g/mol. The highest BCUT2D eigenvalue weighted by atomic mass is 35.5. The molecular weight excluding hydrogens is 388 g/mol. The molecule has 0 saturated heterocycles. The number of hydrogen-bond donors (Lipinski definition) is 1. The normalized spacial score (nSPS) is 10.8. The van der Waals surface area contributed by atoms with Crippen molar-refractivity contribution < 1.29 is 14.3 Å². The quantitative estimate of drug-likeness (QED) is 0.167. The molecule has 0 atom stereocenters. The van der Waals surface area contributed by atoms with Gasteiger partial charge in [-0.05, 0) is 54.4 Å². The number of halogens is 1. The van der Waals surface area contributed by atoms with Crippen LogP contribution in [0.2, 0.25) is 5.02 Å². The lowest BCUT2D eigenvalue weighted by molar-refractivity contribution is -0.121. The van der Waals surface area contributed by atoms with Crippen LogP contribution in [0.4, 0.5) is 0 Å². The van der Waals surface area contributed by atoms with Gasteiger partial charge in [-0.2, -0.15) is 5.10 Å². The van der Waals surface area contributed by atoms with Crippen molar-refractivity contribution >= 4 is 29.7 Å². The van der Waals surface area contributed by atoms with Gasteiger partial charge in [0.2, 0.25) is 5.91 Å². The largest absolute Gasteiger partial charge is 0.423 e. The first kappa shape index (κ1) is 22.6. The Kier molecular flexibility index (Phi) is 9.93. The van der Waals surface area contributed by atoms with Gasteiger partial charge in [0, 0.05) is 11.4 Å². The van der Waals surface area contributed by atoms with E-state index < -0.39 is 5.97 Å². The van der Waals surface area contributed by atoms with E-state index in [2.05, 4.69) is 17.5 Å². The molecule has 0 unspecified atom stereocenters. The Hall–Kier alpha value is -2.66. The average molecular weight is 415 g/mol. The molecule has 2 rings (SSSR count). The molecule has 1 amide bonds. The molecule has 154 valence electrons. The number of esters is 1. The van der Waals surface area contributed by atoms with E-state index in [0.717, 1.165) is 18.4 Å². The summed E-state index contributed by atoms with van der Waals surface area (Å²) in [5.74, 6) is -0.140. The van der Waals surface area contributed by atoms with E-state index in [1.807, 2.05) is 0 Å². The molecule has 0 heterocycles. The minimum absolute atomic E-state index is 0.0798. The summed E-state index contributed by atoms with van der Waals surface area (Å²) < 4.78 is 5.32. The first-order valence-electron chi connectivity index (χ1n) is 9.98. The van der Waals surface area contributed by atoms with Gasteiger partial charge in [0.25, 0.3) is 0 Å². The Balaban J connectivity index is 1.72. The lowest BCUT2D eigenvalue weighted by Gasteiger charge is -2.05. The van der Waals surface area contributed by atoms with E-state index in [1.54, 1.807) is 54.7 Å². The molecule has 0 aromatic heterocycles. The van der Waals surface area contributed by atoms with Crippen molar-refractivity contribution in [1.82, 2.24) is 5.43 Å². The van der Waals surface area contributed by atoms with Gasteiger partial charge in [-0.1, -0.05) is 56.7 Å². The molecule has 0 aliphatic rings. The lowest BCUT2D eigenvalue weighted by Crippen LogP contribution is -2.16. The van der Waals surface area contributed by atoms with Crippen LogP contribution in [-0.4, -0.2) is 18.1 Å². The molecule has 0 spiro atoms. The molecule has 2 aromatic rings. The molecular formula is C23H27ClN2O3. The van der Waals surface area contributed by atoms with E-state index in [-0.39, 0.29) is 5.91 Å². The fourth-order valence-corrected chi connectivity index (χ4v) is 2.89. The zero-order valence-electron chi connectivity index (χ0n) is 16.7. The van der Waals surface area contributed by atoms with Gasteiger partial charge < -0.3 is 4.74 Å². The zero-order chi connectivity index (χ0) is 20.9. The maximum absolute atomic E-state index is 12.1. The molecule has 2 aromatic carbocycles. The van der Waals surface area contributed by atoms with Crippen LogP contribution in [-0.2, 0) is 4.79 Å². The van der Waals surface area contributed by atoms with Gasteiger partial charge in [-0.3, -0.25) is 4.79 Å². The molecule has 0 radical (unpaired) electrons. The number of carbonyl (C=O) groups is 2. The Morgan fingerprint density at radius 1 is 1.03 bits per heavy atom. The van der Waals surface area contributed by atoms with Gasteiger partial charge in [0.1, 0.15) is 5.75 Å². The molecule has 6 heteroatoms. The van der Waals surface area contributed by atoms with Crippen molar-refractivity contribution in [1.29, 1.82) is 0 Å². The van der Waals surface area contributed by atoms with E-state index in [0.29, 0.717) is 22.8 Å². The number of hydrazone groups is 1. The maximum Gasteiger partial charge on any atom is 0.343 e. The van der Waals surface area contributed by atoms with Gasteiger partial charge in [0.05, 0.1) is 11.8 Å². The highest BCUT2D eigenvalue weighted by molar-refractivity contribution is 6.30. The third-order valence-corrected chi connectivity index (χ3v) is 4.55. The van der Waals surface area contributed by atoms with Crippen molar-refractivity contribution in [2.75, 3.05) is 0 Å². The Morgan fingerprint density at radius 3 is 2.48 bits per heavy atom. The van der Waals surface area contributed by atoms with Crippen molar-refractivity contribution in [3.8, 4) is 5.75 Å². The number of hydrogen-bond acceptors (Lipinski definition) is 4. The third-order valence-electron chi connectivity index (χ3n) is 4.31. The molecule has 1 N–H and O–H groups in total. The molecule has 0 bridgehead atoms. The number of rotatable bonds is 11. The minimum Gasteiger partial charge on any atom is -0.423 e. The smallest absolute Gasteiger partial charge is 0.343 e. The summed E-state index contributed by atoms with van der Waals surface area (Å²) >= 11 is 5.88. The van der Waals surface area contributed by atoms with Gasteiger partial charge >= 0.3 is 5.97 Å². The predicted molar refractivity (Wildman–Crippen MR) is 117 cm³/mol. The van der Waals surface area contributed by atoms with E-state index in [9.17, 15) is 9.59 Å². The highest BCUT2D eigenvalue weighted by Gasteiger charge is 2.08. The topological polar surface area (TPSA) is 67.8 Å². The van der Waals surface area contributed by atoms with Crippen LogP contribution in [0.1, 0.15) is 67.8 Å². The summed E-state index contributed by atoms with van der Waals surface area (Å²) in [6, 6.07) is 13.4. The second-order valence-corrected chi connectivity index (χ2v) is 7.22. The molecule has 5 nitrogen and oxygen atoms in total. The molecule has 0 fully saturated rings. The standard InChI is InChI=1S/C23H27ClN2O3/c1-2-3-4-5-6-7-11-22(27)26-25-17-18-12-14-21(15-13-18)29-23(28)19-9-8-10-20(24)16-19/h8-10,12-17H,2-7,11H2,1H3,(H,26,27)/b25-17-. The highest BCUT2D eigenvalue weighted by Crippen LogP contribution is 2.16. The van der Waals surface area contributed by atoms with Crippen LogP contribution in [0.25, 0.3) is 0 Å². The summed E-state index contributed by atoms with van der Waals surface area (Å²) in [6.45, 7) is 2.19. The van der Waals surface area contributed by atoms with Crippen LogP contribution in [0.3, 0.4) is 0 Å². The van der Waals surface area contributed by atoms with Gasteiger partial charge in [0.15, 0.2) is 0 Å². The van der Waals surface area contributed by atoms with Crippen molar-refractivity contribution in [2.24, 2.45) is 5.10 Å². The number of carbonyl (C=O) groups excluding carboxylic acids is 2. The number of amides is 1. The summed E-state index contributed by atoms with van der Waals surface area (Å²) in [6.07, 6.45) is 8.91. The fourth-order valence-electron chi connectivity index (χ4n) is 2.70. The lowest BCUT2D eigenvalue weighted by atomic mass is 10.1. The second kappa shape index (κ2) is 12.7. The summed E-state index contributed by atoms with van der Waals surface area (Å²) in [5.41, 5.74) is 3.71. The first-order valence-corrected chi connectivity index (χ1v) is 10.4. The van der Waals surface area contributed by atoms with Crippen molar-refractivity contribution in [2.45, 2.75) is 51.9 Å². The van der Waals surface area contributed by atoms with Gasteiger partial charge in [-0.25, -0.2) is 10.2 Å². The van der Waals surface area contributed by atoms with Crippen molar-refractivity contribution in [3.05, 3.63) is 64.7 Å². The third kappa shape index (κ3) is 8.92. The number of nitrogens with zero attached hydrogens (tertiary/aromatic N) is 1. The molecule has 0 aliphatic heterocycles. The first-order chi connectivity index (χ1) is 14.1. The molecule has 0 aliphatic carbocycles. The van der Waals surface area contributed by atoms with Crippen LogP contribution >= 0.6 is 11.6 Å². The molecule has 29 heavy (non-hydrogen) atoms. The van der Waals surface area contributed by atoms with Crippen LogP contribution in [0.5, 0.6) is 5.75 Å². The zero-order valence-corrected chi connectivity index (χ0v) is 17.5. The second-order valence-electron chi connectivity index (χ2n) is 6.78. The average Bonchev–Trinajstić information content (AvgIpc) is 2.72. The molecule has 0 saturated carbocycles. The number of unbranched alkanes of at least 4 members (excludes halogenated alkanes) is 5. The predicted octanol–water partition coefficient (Wildman–Crippen LogP) is 5.76. The van der Waals surface area contributed by atoms with E-state index in [1.165, 1.54) is 25.7 Å². The fraction of sp³-hybridized carbons (Fsp3) is 0.348. The Morgan fingerprint density at radius 2 is 1.76 bits per heavy atom. The van der Waals surface area contributed by atoms with Crippen LogP contribution in [0, 0.1) is 0 Å². The van der Waals surface area contributed by atoms with E-state index in [4.69, 9.17) is 16.3 Å². The van der Waals surface area contributed by atoms with Crippen LogP contribution < -0.4 is 10.2 Å². The summed E-state index contributed by atoms with van der Waals surface area (Å²) in [7, 11) is 0. The number of ether oxygens (including phenoxy) is 1. The Bertz CT molecular complexity index is 819. The SMILES string of the molecule is CCCCCCCCC(=O)N/N=C\c1ccc(OC(=O)c2cccc(Cl)c2)cc1. The van der Waals surface area contributed by atoms with Gasteiger partial charge in [-0.15, -0.1) is 0 Å². The van der Waals surface area contributed by atoms with E-state index >= 15 is 0 Å². The van der Waals surface area contributed by atoms with Crippen LogP contribution in [0.15, 0.2) is 53.6 Å². The summed E-state index contributed by atoms with van der Waals surface area (Å²) in [4.78, 5) is 23.9. The summed E-state index contributed by atoms with van der Waals surface area (Å²) in [5, 5.41) is 4.45. The maximum atomic E-state index is 12.1.